The van der Waals surface area contributed by atoms with Gasteiger partial charge in [-0.25, -0.2) is 9.59 Å². The maximum atomic E-state index is 11.8. The SMILES string of the molecule is COC(=O)c1ccc(COCN2C=C(Cl)C(S(=O)(=O)O)NC2=O)cc1.[NaH]. The molecule has 2 N–H and O–H groups in total. The molecule has 0 bridgehead atoms. The summed E-state index contributed by atoms with van der Waals surface area (Å²) in [7, 11) is -3.26. The van der Waals surface area contributed by atoms with Crippen molar-refractivity contribution in [1.29, 1.82) is 0 Å². The number of carbonyl (C=O) groups is 2. The average molecular weight is 415 g/mol. The van der Waals surface area contributed by atoms with E-state index in [9.17, 15) is 18.0 Å². The summed E-state index contributed by atoms with van der Waals surface area (Å²) in [6.45, 7) is -0.0581. The molecule has 0 saturated carbocycles. The van der Waals surface area contributed by atoms with Gasteiger partial charge in [-0.15, -0.1) is 0 Å². The van der Waals surface area contributed by atoms with Crippen molar-refractivity contribution in [2.24, 2.45) is 0 Å². The third-order valence-corrected chi connectivity index (χ3v) is 4.63. The Morgan fingerprint density at radius 1 is 1.35 bits per heavy atom. The Bertz CT molecular complexity index is 798. The standard InChI is InChI=1S/C14H15ClN2O7S.Na.H/c1-23-13(18)10-4-2-9(3-5-10)7-24-8-17-6-11(15)12(16-14(17)19)25(20,21)22;;/h2-6,12H,7-8H2,1H3,(H,16,19)(H,20,21,22);;. The number of methoxy groups -OCH3 is 1. The van der Waals surface area contributed by atoms with Gasteiger partial charge in [-0.3, -0.25) is 9.45 Å². The second-order valence-electron chi connectivity index (χ2n) is 4.99. The summed E-state index contributed by atoms with van der Waals surface area (Å²) < 4.78 is 41.1. The molecule has 0 radical (unpaired) electrons. The van der Waals surface area contributed by atoms with Crippen LogP contribution >= 0.6 is 11.6 Å². The zero-order chi connectivity index (χ0) is 18.6. The number of halogens is 1. The predicted octanol–water partition coefficient (Wildman–Crippen LogP) is 0.618. The van der Waals surface area contributed by atoms with E-state index in [1.807, 2.05) is 5.32 Å². The van der Waals surface area contributed by atoms with Gasteiger partial charge >= 0.3 is 41.6 Å². The Morgan fingerprint density at radius 3 is 2.50 bits per heavy atom. The van der Waals surface area contributed by atoms with Crippen molar-refractivity contribution >= 4 is 63.3 Å². The molecule has 1 unspecified atom stereocenters. The molecule has 12 heteroatoms. The topological polar surface area (TPSA) is 122 Å². The Morgan fingerprint density at radius 2 is 1.96 bits per heavy atom. The molecule has 0 fully saturated rings. The Labute approximate surface area is 177 Å². The first-order chi connectivity index (χ1) is 11.7. The fourth-order valence-corrected chi connectivity index (χ4v) is 3.07. The van der Waals surface area contributed by atoms with Crippen LogP contribution in [0.4, 0.5) is 4.79 Å². The monoisotopic (exact) mass is 414 g/mol. The molecule has 2 rings (SSSR count). The van der Waals surface area contributed by atoms with Gasteiger partial charge in [0.2, 0.25) is 0 Å². The maximum absolute atomic E-state index is 11.8. The molecule has 1 aromatic carbocycles. The van der Waals surface area contributed by atoms with Crippen molar-refractivity contribution in [2.75, 3.05) is 13.8 Å². The minimum atomic E-state index is -4.55. The Hall–Kier alpha value is -1.14. The zero-order valence-electron chi connectivity index (χ0n) is 13.0. The summed E-state index contributed by atoms with van der Waals surface area (Å²) >= 11 is 5.75. The van der Waals surface area contributed by atoms with Gasteiger partial charge in [0.1, 0.15) is 6.73 Å². The molecule has 26 heavy (non-hydrogen) atoms. The number of benzene rings is 1. The second-order valence-corrected chi connectivity index (χ2v) is 6.93. The van der Waals surface area contributed by atoms with Gasteiger partial charge in [0.15, 0.2) is 5.37 Å². The summed E-state index contributed by atoms with van der Waals surface area (Å²) in [5, 5.41) is 0.0874. The first kappa shape index (κ1) is 22.9. The van der Waals surface area contributed by atoms with E-state index in [0.717, 1.165) is 16.7 Å². The van der Waals surface area contributed by atoms with E-state index in [2.05, 4.69) is 4.74 Å². The van der Waals surface area contributed by atoms with E-state index < -0.39 is 27.5 Å². The summed E-state index contributed by atoms with van der Waals surface area (Å²) in [6.07, 6.45) is 1.07. The first-order valence-corrected chi connectivity index (χ1v) is 8.76. The number of urea groups is 1. The van der Waals surface area contributed by atoms with Crippen molar-refractivity contribution < 1.29 is 32.0 Å². The van der Waals surface area contributed by atoms with Gasteiger partial charge in [-0.2, -0.15) is 8.42 Å². The number of nitrogens with one attached hydrogen (secondary N) is 1. The van der Waals surface area contributed by atoms with E-state index in [4.69, 9.17) is 20.9 Å². The van der Waals surface area contributed by atoms with Gasteiger partial charge in [0, 0.05) is 6.20 Å². The van der Waals surface area contributed by atoms with Crippen LogP contribution in [0.2, 0.25) is 0 Å². The third kappa shape index (κ3) is 5.95. The summed E-state index contributed by atoms with van der Waals surface area (Å²) in [5.74, 6) is -0.453. The molecule has 1 heterocycles. The van der Waals surface area contributed by atoms with E-state index in [1.165, 1.54) is 7.11 Å². The van der Waals surface area contributed by atoms with E-state index in [0.29, 0.717) is 5.56 Å². The number of hydrogen-bond donors (Lipinski definition) is 2. The van der Waals surface area contributed by atoms with Crippen molar-refractivity contribution in [3.05, 3.63) is 46.6 Å². The Balaban J connectivity index is 0.00000338. The minimum absolute atomic E-state index is 0. The summed E-state index contributed by atoms with van der Waals surface area (Å²) in [5.41, 5.74) is 1.14. The molecule has 1 aromatic rings. The molecule has 9 nitrogen and oxygen atoms in total. The van der Waals surface area contributed by atoms with E-state index >= 15 is 0 Å². The van der Waals surface area contributed by atoms with E-state index in [1.54, 1.807) is 24.3 Å². The van der Waals surface area contributed by atoms with Crippen LogP contribution in [0.25, 0.3) is 0 Å². The number of rotatable bonds is 6. The van der Waals surface area contributed by atoms with Crippen LogP contribution in [0.5, 0.6) is 0 Å². The van der Waals surface area contributed by atoms with Gasteiger partial charge in [-0.05, 0) is 17.7 Å². The second kappa shape index (κ2) is 9.70. The van der Waals surface area contributed by atoms with Crippen molar-refractivity contribution in [1.82, 2.24) is 10.2 Å². The van der Waals surface area contributed by atoms with Crippen LogP contribution in [-0.2, 0) is 26.2 Å². The number of ether oxygens (including phenoxy) is 2. The average Bonchev–Trinajstić information content (AvgIpc) is 2.56. The van der Waals surface area contributed by atoms with Crippen LogP contribution in [0, 0.1) is 0 Å². The first-order valence-electron chi connectivity index (χ1n) is 6.88. The van der Waals surface area contributed by atoms with Gasteiger partial charge in [-0.1, -0.05) is 23.7 Å². The molecule has 0 spiro atoms. The van der Waals surface area contributed by atoms with Gasteiger partial charge in [0.25, 0.3) is 10.1 Å². The molecule has 2 amide bonds. The molecule has 138 valence electrons. The molecule has 1 aliphatic rings. The van der Waals surface area contributed by atoms with Crippen LogP contribution in [0.1, 0.15) is 15.9 Å². The van der Waals surface area contributed by atoms with Crippen LogP contribution in [-0.4, -0.2) is 78.6 Å². The summed E-state index contributed by atoms with van der Waals surface area (Å²) in [4.78, 5) is 24.1. The van der Waals surface area contributed by atoms with E-state index in [-0.39, 0.29) is 47.9 Å². The normalized spacial score (nSPS) is 17.0. The molecular weight excluding hydrogens is 399 g/mol. The van der Waals surface area contributed by atoms with Gasteiger partial charge < -0.3 is 14.8 Å². The molecule has 0 aromatic heterocycles. The van der Waals surface area contributed by atoms with Crippen molar-refractivity contribution in [3.63, 3.8) is 0 Å². The molecule has 1 atom stereocenters. The number of esters is 1. The van der Waals surface area contributed by atoms with Crippen molar-refractivity contribution in [3.8, 4) is 0 Å². The fourth-order valence-electron chi connectivity index (χ4n) is 1.97. The van der Waals surface area contributed by atoms with Gasteiger partial charge in [0.05, 0.1) is 24.3 Å². The Kier molecular flexibility index (Phi) is 8.54. The van der Waals surface area contributed by atoms with Crippen LogP contribution < -0.4 is 5.32 Å². The third-order valence-electron chi connectivity index (χ3n) is 3.22. The van der Waals surface area contributed by atoms with Crippen LogP contribution in [0.3, 0.4) is 0 Å². The quantitative estimate of drug-likeness (QED) is 0.397. The number of amides is 2. The number of nitrogens with zero attached hydrogens (tertiary/aromatic N) is 1. The molecule has 0 saturated heterocycles. The predicted molar refractivity (Wildman–Crippen MR) is 94.2 cm³/mol. The van der Waals surface area contributed by atoms with Crippen LogP contribution in [0.15, 0.2) is 35.5 Å². The van der Waals surface area contributed by atoms with Crippen molar-refractivity contribution in [2.45, 2.75) is 12.0 Å². The summed E-state index contributed by atoms with van der Waals surface area (Å²) in [6, 6.07) is 5.70. The molecular formula is C14H16ClN2NaO7S. The number of hydrogen-bond acceptors (Lipinski definition) is 6. The number of carbonyl (C=O) groups excluding carboxylic acids is 2. The zero-order valence-corrected chi connectivity index (χ0v) is 14.6. The molecule has 1 aliphatic heterocycles. The fraction of sp³-hybridized carbons (Fsp3) is 0.286. The molecule has 0 aliphatic carbocycles.